The number of hydrogen-bond acceptors (Lipinski definition) is 3. The minimum atomic E-state index is 0.553. The first-order valence-electron chi connectivity index (χ1n) is 20.1. The summed E-state index contributed by atoms with van der Waals surface area (Å²) in [5.41, 5.74) is 14.9. The number of fused-ring (bicyclic) bond motifs is 10. The molecule has 12 aromatic rings. The van der Waals surface area contributed by atoms with Crippen molar-refractivity contribution in [1.82, 2.24) is 4.40 Å². The molecule has 9 aromatic carbocycles. The predicted molar refractivity (Wildman–Crippen MR) is 245 cm³/mol. The molecule has 0 fully saturated rings. The van der Waals surface area contributed by atoms with Crippen molar-refractivity contribution in [3.05, 3.63) is 199 Å². The van der Waals surface area contributed by atoms with E-state index < -0.39 is 0 Å². The molecule has 0 bridgehead atoms. The Bertz CT molecular complexity index is 3740. The van der Waals surface area contributed by atoms with Gasteiger partial charge in [0.1, 0.15) is 23.3 Å². The fourth-order valence-electron chi connectivity index (χ4n) is 9.81. The molecule has 0 saturated heterocycles. The largest absolute Gasteiger partial charge is 0.455 e. The topological polar surface area (TPSA) is 65.1 Å². The minimum Gasteiger partial charge on any atom is -0.455 e. The quantitative estimate of drug-likeness (QED) is 0.175. The maximum absolute atomic E-state index is 11.6. The zero-order valence-corrected chi connectivity index (χ0v) is 32.1. The van der Waals surface area contributed by atoms with Crippen LogP contribution in [-0.2, 0) is 0 Å². The van der Waals surface area contributed by atoms with Gasteiger partial charge in [-0.05, 0) is 51.6 Å². The van der Waals surface area contributed by atoms with E-state index in [-0.39, 0.29) is 0 Å². The van der Waals surface area contributed by atoms with Gasteiger partial charge in [0.2, 0.25) is 0 Å². The summed E-state index contributed by atoms with van der Waals surface area (Å²) in [6.07, 6.45) is 0. The molecule has 0 N–H and O–H groups in total. The van der Waals surface area contributed by atoms with E-state index in [1.165, 1.54) is 0 Å². The number of nitrogens with zero attached hydrogens (tertiary/aromatic N) is 3. The van der Waals surface area contributed by atoms with Crippen LogP contribution in [0.3, 0.4) is 0 Å². The molecule has 0 saturated carbocycles. The van der Waals surface area contributed by atoms with Gasteiger partial charge in [0.05, 0.1) is 33.1 Å². The Kier molecular flexibility index (Phi) is 7.32. The second-order valence-electron chi connectivity index (χ2n) is 15.3. The molecule has 4 heteroatoms. The van der Waals surface area contributed by atoms with E-state index in [0.29, 0.717) is 16.7 Å². The summed E-state index contributed by atoms with van der Waals surface area (Å²) in [6.45, 7) is 0. The lowest BCUT2D eigenvalue weighted by atomic mass is 9.82. The molecule has 0 amide bonds. The second kappa shape index (κ2) is 13.0. The Balaban J connectivity index is 1.47. The highest BCUT2D eigenvalue weighted by Gasteiger charge is 2.33. The summed E-state index contributed by atoms with van der Waals surface area (Å²) < 4.78 is 9.30. The summed E-state index contributed by atoms with van der Waals surface area (Å²) in [5.74, 6) is 0. The number of hydrogen-bond donors (Lipinski definition) is 0. The van der Waals surface area contributed by atoms with Crippen LogP contribution in [0, 0.1) is 22.7 Å². The second-order valence-corrected chi connectivity index (χ2v) is 15.3. The van der Waals surface area contributed by atoms with Crippen LogP contribution >= 0.6 is 0 Å². The van der Waals surface area contributed by atoms with E-state index in [2.05, 4.69) is 114 Å². The average molecular weight is 762 g/mol. The molecule has 0 spiro atoms. The fraction of sp³-hybridized carbons (Fsp3) is 0. The van der Waals surface area contributed by atoms with Crippen LogP contribution in [0.15, 0.2) is 192 Å². The molecular weight excluding hydrogens is 731 g/mol. The highest BCUT2D eigenvalue weighted by Crippen LogP contribution is 2.55. The van der Waals surface area contributed by atoms with Crippen molar-refractivity contribution in [3.8, 4) is 67.8 Å². The van der Waals surface area contributed by atoms with Crippen LogP contribution in [0.4, 0.5) is 0 Å². The van der Waals surface area contributed by atoms with Gasteiger partial charge >= 0.3 is 0 Å². The summed E-state index contributed by atoms with van der Waals surface area (Å²) in [7, 11) is 0. The summed E-state index contributed by atoms with van der Waals surface area (Å²) >= 11 is 0. The van der Waals surface area contributed by atoms with Crippen LogP contribution in [0.25, 0.3) is 116 Å². The van der Waals surface area contributed by atoms with Crippen LogP contribution in [0.1, 0.15) is 11.1 Å². The van der Waals surface area contributed by atoms with Crippen molar-refractivity contribution >= 4 is 60.0 Å². The smallest absolute Gasteiger partial charge is 0.146 e. The van der Waals surface area contributed by atoms with Gasteiger partial charge in [0.25, 0.3) is 0 Å². The molecule has 60 heavy (non-hydrogen) atoms. The van der Waals surface area contributed by atoms with Gasteiger partial charge in [-0.3, -0.25) is 0 Å². The van der Waals surface area contributed by atoms with Gasteiger partial charge in [0, 0.05) is 49.2 Å². The third-order valence-electron chi connectivity index (χ3n) is 12.2. The highest BCUT2D eigenvalue weighted by atomic mass is 16.3. The summed E-state index contributed by atoms with van der Waals surface area (Å²) in [6, 6.07) is 69.9. The zero-order valence-electron chi connectivity index (χ0n) is 32.1. The van der Waals surface area contributed by atoms with Crippen molar-refractivity contribution in [2.75, 3.05) is 0 Å². The molecule has 4 nitrogen and oxygen atoms in total. The van der Waals surface area contributed by atoms with Crippen molar-refractivity contribution in [2.24, 2.45) is 0 Å². The number of nitriles is 2. The third kappa shape index (κ3) is 4.65. The van der Waals surface area contributed by atoms with Gasteiger partial charge in [-0.15, -0.1) is 0 Å². The molecule has 0 aliphatic carbocycles. The molecule has 0 aliphatic rings. The molecule has 12 rings (SSSR count). The van der Waals surface area contributed by atoms with E-state index in [1.54, 1.807) is 0 Å². The van der Waals surface area contributed by atoms with Crippen molar-refractivity contribution in [2.45, 2.75) is 0 Å². The molecular formula is C56H31N3O. The Labute approximate surface area is 345 Å². The fourth-order valence-corrected chi connectivity index (χ4v) is 9.81. The van der Waals surface area contributed by atoms with Gasteiger partial charge in [0.15, 0.2) is 0 Å². The van der Waals surface area contributed by atoms with E-state index in [9.17, 15) is 10.5 Å². The molecule has 0 radical (unpaired) electrons. The Hall–Kier alpha value is -8.44. The molecule has 0 unspecified atom stereocenters. The zero-order chi connectivity index (χ0) is 39.9. The van der Waals surface area contributed by atoms with E-state index in [1.807, 2.05) is 91.0 Å². The monoisotopic (exact) mass is 761 g/mol. The van der Waals surface area contributed by atoms with E-state index in [0.717, 1.165) is 110 Å². The normalized spacial score (nSPS) is 11.6. The Morgan fingerprint density at radius 1 is 0.350 bits per heavy atom. The minimum absolute atomic E-state index is 0.553. The summed E-state index contributed by atoms with van der Waals surface area (Å²) in [4.78, 5) is 0. The van der Waals surface area contributed by atoms with Crippen LogP contribution in [0.5, 0.6) is 0 Å². The highest BCUT2D eigenvalue weighted by molar-refractivity contribution is 6.36. The lowest BCUT2D eigenvalue weighted by Gasteiger charge is -2.20. The van der Waals surface area contributed by atoms with Crippen molar-refractivity contribution < 1.29 is 4.42 Å². The first-order chi connectivity index (χ1) is 29.7. The Morgan fingerprint density at radius 3 is 1.33 bits per heavy atom. The SMILES string of the molecule is N#Cc1c(-c2ccccc2)c(-c2ccccc2)c2c3cc(-c4ccccc4)cc4c5c6oc7ccccc7c6c(C#N)c(-c6ccccc6)c5n(c2c1-c1ccccc1)c34. The van der Waals surface area contributed by atoms with Gasteiger partial charge in [-0.25, -0.2) is 0 Å². The first kappa shape index (κ1) is 33.7. The molecule has 3 aromatic heterocycles. The standard InChI is InChI=1S/C56H31N3O/c57-32-43-46(35-20-8-2-9-21-35)49(38-26-14-5-15-27-38)51-41-30-39(34-18-6-1-7-19-34)31-42-52-55(59(53(41)42)54(51)47(43)36-22-10-3-11-23-36)48(37-24-12-4-13-25-37)44(33-58)50-40-28-16-17-29-45(40)60-56(50)52/h1-31H. The van der Waals surface area contributed by atoms with E-state index >= 15 is 0 Å². The number of aromatic nitrogens is 1. The first-order valence-corrected chi connectivity index (χ1v) is 20.1. The van der Waals surface area contributed by atoms with Crippen molar-refractivity contribution in [1.29, 1.82) is 10.5 Å². The third-order valence-corrected chi connectivity index (χ3v) is 12.2. The molecule has 0 atom stereocenters. The van der Waals surface area contributed by atoms with Crippen LogP contribution < -0.4 is 0 Å². The van der Waals surface area contributed by atoms with Crippen LogP contribution in [0.2, 0.25) is 0 Å². The maximum atomic E-state index is 11.6. The average Bonchev–Trinajstić information content (AvgIpc) is 3.99. The van der Waals surface area contributed by atoms with E-state index in [4.69, 9.17) is 4.42 Å². The van der Waals surface area contributed by atoms with Crippen molar-refractivity contribution in [3.63, 3.8) is 0 Å². The molecule has 0 aliphatic heterocycles. The molecule has 276 valence electrons. The lowest BCUT2D eigenvalue weighted by Crippen LogP contribution is -1.99. The number of benzene rings is 9. The number of para-hydroxylation sites is 1. The van der Waals surface area contributed by atoms with Gasteiger partial charge in [-0.1, -0.05) is 170 Å². The maximum Gasteiger partial charge on any atom is 0.146 e. The van der Waals surface area contributed by atoms with Crippen LogP contribution in [-0.4, -0.2) is 4.40 Å². The number of rotatable bonds is 5. The predicted octanol–water partition coefficient (Wildman–Crippen LogP) is 14.8. The van der Waals surface area contributed by atoms with Gasteiger partial charge in [-0.2, -0.15) is 10.5 Å². The molecule has 3 heterocycles. The van der Waals surface area contributed by atoms with Gasteiger partial charge < -0.3 is 8.82 Å². The lowest BCUT2D eigenvalue weighted by molar-refractivity contribution is 0.673. The number of furan rings is 1. The Morgan fingerprint density at radius 2 is 0.783 bits per heavy atom. The summed E-state index contributed by atoms with van der Waals surface area (Å²) in [5, 5.41) is 28.7.